The standard InChI is InChI=1S/C12H16ClNO4/c1-18-11-3-2-9(13)4-8(11)5-12(17)14-10(6-15)7-16/h2-4,10,15-16H,5-7H2,1H3,(H,14,17). The molecule has 6 heteroatoms. The van der Waals surface area contributed by atoms with Crippen LogP contribution in [0.15, 0.2) is 18.2 Å². The Balaban J connectivity index is 2.71. The fourth-order valence-corrected chi connectivity index (χ4v) is 1.68. The largest absolute Gasteiger partial charge is 0.496 e. The van der Waals surface area contributed by atoms with E-state index in [9.17, 15) is 4.79 Å². The molecule has 0 bridgehead atoms. The Labute approximate surface area is 110 Å². The van der Waals surface area contributed by atoms with Crippen molar-refractivity contribution in [3.8, 4) is 5.75 Å². The lowest BCUT2D eigenvalue weighted by molar-refractivity contribution is -0.121. The van der Waals surface area contributed by atoms with Gasteiger partial charge < -0.3 is 20.3 Å². The van der Waals surface area contributed by atoms with Crippen molar-refractivity contribution in [3.05, 3.63) is 28.8 Å². The van der Waals surface area contributed by atoms with Crippen molar-refractivity contribution in [1.29, 1.82) is 0 Å². The van der Waals surface area contributed by atoms with E-state index in [2.05, 4.69) is 5.32 Å². The van der Waals surface area contributed by atoms with Gasteiger partial charge in [-0.05, 0) is 18.2 Å². The van der Waals surface area contributed by atoms with Crippen molar-refractivity contribution < 1.29 is 19.7 Å². The highest BCUT2D eigenvalue weighted by molar-refractivity contribution is 6.30. The first-order chi connectivity index (χ1) is 8.60. The number of amides is 1. The second-order valence-corrected chi connectivity index (χ2v) is 4.20. The van der Waals surface area contributed by atoms with E-state index >= 15 is 0 Å². The second kappa shape index (κ2) is 7.20. The van der Waals surface area contributed by atoms with Gasteiger partial charge in [0.1, 0.15) is 5.75 Å². The van der Waals surface area contributed by atoms with Gasteiger partial charge in [-0.15, -0.1) is 0 Å². The fourth-order valence-electron chi connectivity index (χ4n) is 1.49. The summed E-state index contributed by atoms with van der Waals surface area (Å²) in [6.07, 6.45) is 0.0697. The molecule has 0 atom stereocenters. The number of carbonyl (C=O) groups excluding carboxylic acids is 1. The van der Waals surface area contributed by atoms with Crippen LogP contribution in [0, 0.1) is 0 Å². The third-order valence-electron chi connectivity index (χ3n) is 2.40. The van der Waals surface area contributed by atoms with Crippen LogP contribution in [-0.2, 0) is 11.2 Å². The monoisotopic (exact) mass is 273 g/mol. The first kappa shape index (κ1) is 14.8. The minimum atomic E-state index is -0.650. The number of carbonyl (C=O) groups is 1. The van der Waals surface area contributed by atoms with Crippen molar-refractivity contribution in [2.24, 2.45) is 0 Å². The summed E-state index contributed by atoms with van der Waals surface area (Å²) in [6.45, 7) is -0.621. The lowest BCUT2D eigenvalue weighted by Gasteiger charge is -2.14. The molecular weight excluding hydrogens is 258 g/mol. The number of halogens is 1. The van der Waals surface area contributed by atoms with Crippen molar-refractivity contribution in [2.75, 3.05) is 20.3 Å². The zero-order valence-electron chi connectivity index (χ0n) is 10.0. The molecule has 0 saturated heterocycles. The molecule has 100 valence electrons. The van der Waals surface area contributed by atoms with Crippen molar-refractivity contribution in [3.63, 3.8) is 0 Å². The maximum atomic E-state index is 11.7. The SMILES string of the molecule is COc1ccc(Cl)cc1CC(=O)NC(CO)CO. The fraction of sp³-hybridized carbons (Fsp3) is 0.417. The molecule has 1 rings (SSSR count). The highest BCUT2D eigenvalue weighted by atomic mass is 35.5. The highest BCUT2D eigenvalue weighted by Crippen LogP contribution is 2.22. The summed E-state index contributed by atoms with van der Waals surface area (Å²) in [7, 11) is 1.51. The molecule has 0 aliphatic rings. The van der Waals surface area contributed by atoms with E-state index in [4.69, 9.17) is 26.6 Å². The number of hydrogen-bond acceptors (Lipinski definition) is 4. The Hall–Kier alpha value is -1.30. The van der Waals surface area contributed by atoms with Gasteiger partial charge in [0.25, 0.3) is 0 Å². The minimum Gasteiger partial charge on any atom is -0.496 e. The minimum absolute atomic E-state index is 0.0697. The highest BCUT2D eigenvalue weighted by Gasteiger charge is 2.13. The lowest BCUT2D eigenvalue weighted by Crippen LogP contribution is -2.40. The van der Waals surface area contributed by atoms with Crippen LogP contribution in [0.1, 0.15) is 5.56 Å². The van der Waals surface area contributed by atoms with E-state index in [1.807, 2.05) is 0 Å². The van der Waals surface area contributed by atoms with E-state index < -0.39 is 6.04 Å². The number of ether oxygens (including phenoxy) is 1. The Morgan fingerprint density at radius 2 is 2.11 bits per heavy atom. The van der Waals surface area contributed by atoms with Gasteiger partial charge in [0.2, 0.25) is 5.91 Å². The number of benzene rings is 1. The maximum Gasteiger partial charge on any atom is 0.224 e. The predicted molar refractivity (Wildman–Crippen MR) is 67.8 cm³/mol. The van der Waals surface area contributed by atoms with Crippen LogP contribution in [0.2, 0.25) is 5.02 Å². The molecule has 0 radical (unpaired) electrons. The number of nitrogens with one attached hydrogen (secondary N) is 1. The Morgan fingerprint density at radius 1 is 1.44 bits per heavy atom. The summed E-state index contributed by atoms with van der Waals surface area (Å²) in [5.41, 5.74) is 0.650. The van der Waals surface area contributed by atoms with Crippen LogP contribution >= 0.6 is 11.6 Å². The molecule has 5 nitrogen and oxygen atoms in total. The molecule has 1 aromatic carbocycles. The summed E-state index contributed by atoms with van der Waals surface area (Å²) in [4.78, 5) is 11.7. The van der Waals surface area contributed by atoms with Crippen molar-refractivity contribution >= 4 is 17.5 Å². The molecule has 0 aliphatic carbocycles. The van der Waals surface area contributed by atoms with Gasteiger partial charge in [-0.3, -0.25) is 4.79 Å². The number of aliphatic hydroxyl groups excluding tert-OH is 2. The van der Waals surface area contributed by atoms with Crippen molar-refractivity contribution in [2.45, 2.75) is 12.5 Å². The van der Waals surface area contributed by atoms with Crippen LogP contribution in [0.5, 0.6) is 5.75 Å². The lowest BCUT2D eigenvalue weighted by atomic mass is 10.1. The average molecular weight is 274 g/mol. The Morgan fingerprint density at radius 3 is 2.67 bits per heavy atom. The van der Waals surface area contributed by atoms with Gasteiger partial charge in [0.05, 0.1) is 32.8 Å². The molecule has 3 N–H and O–H groups in total. The van der Waals surface area contributed by atoms with E-state index in [0.717, 1.165) is 0 Å². The van der Waals surface area contributed by atoms with Gasteiger partial charge in [-0.25, -0.2) is 0 Å². The Kier molecular flexibility index (Phi) is 5.91. The predicted octanol–water partition coefficient (Wildman–Crippen LogP) is 0.360. The molecule has 0 saturated carbocycles. The smallest absolute Gasteiger partial charge is 0.224 e. The van der Waals surface area contributed by atoms with Gasteiger partial charge in [-0.2, -0.15) is 0 Å². The van der Waals surface area contributed by atoms with E-state index in [1.165, 1.54) is 7.11 Å². The average Bonchev–Trinajstić information content (AvgIpc) is 2.36. The van der Waals surface area contributed by atoms with E-state index in [-0.39, 0.29) is 25.5 Å². The van der Waals surface area contributed by atoms with Gasteiger partial charge in [0.15, 0.2) is 0 Å². The van der Waals surface area contributed by atoms with Crippen LogP contribution in [-0.4, -0.2) is 42.5 Å². The molecular formula is C12H16ClNO4. The van der Waals surface area contributed by atoms with E-state index in [1.54, 1.807) is 18.2 Å². The molecule has 0 heterocycles. The summed E-state index contributed by atoms with van der Waals surface area (Å²) in [6, 6.07) is 4.35. The zero-order valence-corrected chi connectivity index (χ0v) is 10.8. The van der Waals surface area contributed by atoms with Gasteiger partial charge in [-0.1, -0.05) is 11.6 Å². The molecule has 1 amide bonds. The third kappa shape index (κ3) is 4.18. The molecule has 0 aromatic heterocycles. The first-order valence-electron chi connectivity index (χ1n) is 5.44. The molecule has 0 aliphatic heterocycles. The summed E-state index contributed by atoms with van der Waals surface area (Å²) in [5, 5.41) is 20.7. The van der Waals surface area contributed by atoms with Crippen LogP contribution in [0.3, 0.4) is 0 Å². The normalized spacial score (nSPS) is 10.5. The van der Waals surface area contributed by atoms with E-state index in [0.29, 0.717) is 16.3 Å². The second-order valence-electron chi connectivity index (χ2n) is 3.76. The maximum absolute atomic E-state index is 11.7. The number of hydrogen-bond donors (Lipinski definition) is 3. The van der Waals surface area contributed by atoms with Crippen LogP contribution in [0.25, 0.3) is 0 Å². The summed E-state index contributed by atoms with van der Waals surface area (Å²) >= 11 is 5.85. The number of rotatable bonds is 6. The molecule has 1 aromatic rings. The molecule has 0 fully saturated rings. The summed E-state index contributed by atoms with van der Waals surface area (Å²) < 4.78 is 5.12. The molecule has 18 heavy (non-hydrogen) atoms. The Bertz CT molecular complexity index is 407. The summed E-state index contributed by atoms with van der Waals surface area (Å²) in [5.74, 6) is 0.253. The number of methoxy groups -OCH3 is 1. The van der Waals surface area contributed by atoms with Crippen LogP contribution in [0.4, 0.5) is 0 Å². The topological polar surface area (TPSA) is 78.8 Å². The third-order valence-corrected chi connectivity index (χ3v) is 2.63. The number of aliphatic hydroxyl groups is 2. The van der Waals surface area contributed by atoms with Gasteiger partial charge >= 0.3 is 0 Å². The zero-order chi connectivity index (χ0) is 13.5. The van der Waals surface area contributed by atoms with Crippen molar-refractivity contribution in [1.82, 2.24) is 5.32 Å². The van der Waals surface area contributed by atoms with Gasteiger partial charge in [0, 0.05) is 10.6 Å². The van der Waals surface area contributed by atoms with Crippen LogP contribution < -0.4 is 10.1 Å². The first-order valence-corrected chi connectivity index (χ1v) is 5.82. The molecule has 0 spiro atoms. The quantitative estimate of drug-likeness (QED) is 0.699. The molecule has 0 unspecified atom stereocenters.